The predicted octanol–water partition coefficient (Wildman–Crippen LogP) is 2.96. The molecule has 7 heteroatoms. The molecule has 1 aromatic carbocycles. The quantitative estimate of drug-likeness (QED) is 0.913. The zero-order valence-electron chi connectivity index (χ0n) is 11.0. The number of carbonyl (C=O) groups excluding carboxylic acids is 1. The van der Waals surface area contributed by atoms with Gasteiger partial charge in [-0.05, 0) is 31.0 Å². The van der Waals surface area contributed by atoms with Crippen molar-refractivity contribution in [3.05, 3.63) is 29.8 Å². The van der Waals surface area contributed by atoms with E-state index < -0.39 is 23.1 Å². The largest absolute Gasteiger partial charge is 0.416 e. The van der Waals surface area contributed by atoms with Gasteiger partial charge in [0.15, 0.2) is 0 Å². The number of nitrogens with zero attached hydrogens (tertiary/aromatic N) is 1. The standard InChI is InChI=1S/C14H13F3N2O2/c15-14(16,17)10-2-1-3-11(8-10)19-12(20)13(9-18)4-6-21-7-5-13/h1-3,8H,4-7H2,(H,19,20). The van der Waals surface area contributed by atoms with Gasteiger partial charge >= 0.3 is 6.18 Å². The molecular weight excluding hydrogens is 285 g/mol. The number of carbonyl (C=O) groups is 1. The molecule has 1 saturated heterocycles. The van der Waals surface area contributed by atoms with Crippen molar-refractivity contribution in [1.29, 1.82) is 5.26 Å². The Morgan fingerprint density at radius 3 is 2.57 bits per heavy atom. The van der Waals surface area contributed by atoms with E-state index in [0.717, 1.165) is 12.1 Å². The Labute approximate surface area is 119 Å². The molecule has 1 amide bonds. The van der Waals surface area contributed by atoms with Gasteiger partial charge in [0.1, 0.15) is 5.41 Å². The summed E-state index contributed by atoms with van der Waals surface area (Å²) in [5.41, 5.74) is -2.07. The fraction of sp³-hybridized carbons (Fsp3) is 0.429. The van der Waals surface area contributed by atoms with Crippen LogP contribution in [-0.4, -0.2) is 19.1 Å². The van der Waals surface area contributed by atoms with Gasteiger partial charge < -0.3 is 10.1 Å². The smallest absolute Gasteiger partial charge is 0.381 e. The number of alkyl halides is 3. The summed E-state index contributed by atoms with van der Waals surface area (Å²) in [5.74, 6) is -0.590. The van der Waals surface area contributed by atoms with Crippen molar-refractivity contribution in [2.75, 3.05) is 18.5 Å². The fourth-order valence-corrected chi connectivity index (χ4v) is 2.13. The molecule has 0 bridgehead atoms. The number of hydrogen-bond donors (Lipinski definition) is 1. The summed E-state index contributed by atoms with van der Waals surface area (Å²) in [7, 11) is 0. The summed E-state index contributed by atoms with van der Waals surface area (Å²) in [4.78, 5) is 12.2. The number of benzene rings is 1. The number of nitriles is 1. The molecule has 0 spiro atoms. The van der Waals surface area contributed by atoms with E-state index >= 15 is 0 Å². The average molecular weight is 298 g/mol. The van der Waals surface area contributed by atoms with Gasteiger partial charge in [-0.15, -0.1) is 0 Å². The maximum atomic E-state index is 12.6. The van der Waals surface area contributed by atoms with Crippen LogP contribution in [-0.2, 0) is 15.7 Å². The first kappa shape index (κ1) is 15.3. The summed E-state index contributed by atoms with van der Waals surface area (Å²) in [6.45, 7) is 0.563. The number of halogens is 3. The summed E-state index contributed by atoms with van der Waals surface area (Å²) >= 11 is 0. The summed E-state index contributed by atoms with van der Waals surface area (Å²) in [5, 5.41) is 11.6. The molecule has 1 aliphatic rings. The first-order valence-electron chi connectivity index (χ1n) is 6.35. The Morgan fingerprint density at radius 2 is 2.00 bits per heavy atom. The number of ether oxygens (including phenoxy) is 1. The lowest BCUT2D eigenvalue weighted by Gasteiger charge is -2.29. The van der Waals surface area contributed by atoms with Gasteiger partial charge in [0, 0.05) is 18.9 Å². The third kappa shape index (κ3) is 3.34. The fourth-order valence-electron chi connectivity index (χ4n) is 2.13. The summed E-state index contributed by atoms with van der Waals surface area (Å²) in [6, 6.07) is 6.31. The van der Waals surface area contributed by atoms with Gasteiger partial charge in [0.2, 0.25) is 5.91 Å². The van der Waals surface area contributed by atoms with Crippen LogP contribution < -0.4 is 5.32 Å². The monoisotopic (exact) mass is 298 g/mol. The molecule has 4 nitrogen and oxygen atoms in total. The second-order valence-corrected chi connectivity index (χ2v) is 4.84. The van der Waals surface area contributed by atoms with Gasteiger partial charge in [0.05, 0.1) is 11.6 Å². The number of nitrogens with one attached hydrogen (secondary N) is 1. The molecular formula is C14H13F3N2O2. The van der Waals surface area contributed by atoms with Gasteiger partial charge in [-0.2, -0.15) is 18.4 Å². The topological polar surface area (TPSA) is 62.1 Å². The molecule has 1 heterocycles. The van der Waals surface area contributed by atoms with Crippen molar-refractivity contribution < 1.29 is 22.7 Å². The average Bonchev–Trinajstić information content (AvgIpc) is 2.47. The number of hydrogen-bond acceptors (Lipinski definition) is 3. The Morgan fingerprint density at radius 1 is 1.33 bits per heavy atom. The van der Waals surface area contributed by atoms with E-state index in [1.54, 1.807) is 0 Å². The van der Waals surface area contributed by atoms with E-state index in [2.05, 4.69) is 5.32 Å². The van der Waals surface area contributed by atoms with Gasteiger partial charge in [0.25, 0.3) is 0 Å². The van der Waals surface area contributed by atoms with Crippen LogP contribution in [0.5, 0.6) is 0 Å². The lowest BCUT2D eigenvalue weighted by Crippen LogP contribution is -2.39. The zero-order chi connectivity index (χ0) is 15.5. The molecule has 0 aromatic heterocycles. The van der Waals surface area contributed by atoms with Crippen molar-refractivity contribution in [3.8, 4) is 6.07 Å². The normalized spacial score (nSPS) is 17.8. The maximum Gasteiger partial charge on any atom is 0.416 e. The molecule has 0 unspecified atom stereocenters. The molecule has 0 radical (unpaired) electrons. The first-order valence-corrected chi connectivity index (χ1v) is 6.35. The molecule has 0 atom stereocenters. The second-order valence-electron chi connectivity index (χ2n) is 4.84. The molecule has 1 N–H and O–H groups in total. The highest BCUT2D eigenvalue weighted by atomic mass is 19.4. The van der Waals surface area contributed by atoms with Crippen LogP contribution in [0.4, 0.5) is 18.9 Å². The Hall–Kier alpha value is -2.07. The SMILES string of the molecule is N#CC1(C(=O)Nc2cccc(C(F)(F)F)c2)CCOCC1. The minimum atomic E-state index is -4.48. The molecule has 1 aromatic rings. The van der Waals surface area contributed by atoms with Crippen molar-refractivity contribution in [2.45, 2.75) is 19.0 Å². The number of amides is 1. The van der Waals surface area contributed by atoms with E-state index in [1.807, 2.05) is 6.07 Å². The molecule has 0 aliphatic carbocycles. The molecule has 1 aliphatic heterocycles. The van der Waals surface area contributed by atoms with Gasteiger partial charge in [-0.25, -0.2) is 0 Å². The van der Waals surface area contributed by atoms with E-state index in [4.69, 9.17) is 4.74 Å². The minimum absolute atomic E-state index is 0.0240. The molecule has 21 heavy (non-hydrogen) atoms. The van der Waals surface area contributed by atoms with Crippen LogP contribution in [0.1, 0.15) is 18.4 Å². The van der Waals surface area contributed by atoms with Crippen LogP contribution >= 0.6 is 0 Å². The Balaban J connectivity index is 2.18. The Bertz CT molecular complexity index is 572. The van der Waals surface area contributed by atoms with Gasteiger partial charge in [-0.3, -0.25) is 4.79 Å². The molecule has 0 saturated carbocycles. The second kappa shape index (κ2) is 5.74. The highest BCUT2D eigenvalue weighted by Crippen LogP contribution is 2.33. The van der Waals surface area contributed by atoms with E-state index in [1.165, 1.54) is 12.1 Å². The summed E-state index contributed by atoms with van der Waals surface area (Å²) < 4.78 is 43.0. The van der Waals surface area contributed by atoms with E-state index in [-0.39, 0.29) is 31.7 Å². The summed E-state index contributed by atoms with van der Waals surface area (Å²) in [6.07, 6.45) is -4.02. The van der Waals surface area contributed by atoms with E-state index in [9.17, 15) is 23.2 Å². The number of anilines is 1. The minimum Gasteiger partial charge on any atom is -0.381 e. The number of rotatable bonds is 2. The van der Waals surface area contributed by atoms with Crippen molar-refractivity contribution >= 4 is 11.6 Å². The first-order chi connectivity index (χ1) is 9.87. The highest BCUT2D eigenvalue weighted by Gasteiger charge is 2.40. The molecule has 112 valence electrons. The third-order valence-electron chi connectivity index (χ3n) is 3.44. The highest BCUT2D eigenvalue weighted by molar-refractivity contribution is 5.97. The maximum absolute atomic E-state index is 12.6. The molecule has 1 fully saturated rings. The zero-order valence-corrected chi connectivity index (χ0v) is 11.0. The van der Waals surface area contributed by atoms with Crippen LogP contribution in [0.2, 0.25) is 0 Å². The van der Waals surface area contributed by atoms with Crippen LogP contribution in [0.15, 0.2) is 24.3 Å². The lowest BCUT2D eigenvalue weighted by molar-refractivity contribution is -0.137. The van der Waals surface area contributed by atoms with Crippen molar-refractivity contribution in [1.82, 2.24) is 0 Å². The predicted molar refractivity (Wildman–Crippen MR) is 68.2 cm³/mol. The van der Waals surface area contributed by atoms with Gasteiger partial charge in [-0.1, -0.05) is 6.07 Å². The van der Waals surface area contributed by atoms with Crippen molar-refractivity contribution in [2.24, 2.45) is 5.41 Å². The third-order valence-corrected chi connectivity index (χ3v) is 3.44. The van der Waals surface area contributed by atoms with Crippen LogP contribution in [0, 0.1) is 16.7 Å². The van der Waals surface area contributed by atoms with Crippen LogP contribution in [0.3, 0.4) is 0 Å². The van der Waals surface area contributed by atoms with E-state index in [0.29, 0.717) is 0 Å². The Kier molecular flexibility index (Phi) is 4.19. The molecule has 2 rings (SSSR count). The van der Waals surface area contributed by atoms with Crippen molar-refractivity contribution in [3.63, 3.8) is 0 Å². The van der Waals surface area contributed by atoms with Crippen LogP contribution in [0.25, 0.3) is 0 Å². The lowest BCUT2D eigenvalue weighted by atomic mass is 9.81.